The van der Waals surface area contributed by atoms with Gasteiger partial charge in [0, 0.05) is 18.8 Å². The Morgan fingerprint density at radius 2 is 1.86 bits per heavy atom. The van der Waals surface area contributed by atoms with E-state index in [1.165, 1.54) is 41.5 Å². The van der Waals surface area contributed by atoms with Crippen molar-refractivity contribution in [3.05, 3.63) is 58.4 Å². The van der Waals surface area contributed by atoms with Crippen LogP contribution in [-0.2, 0) is 29.4 Å². The molecule has 0 saturated carbocycles. The number of amides is 1. The number of rotatable bonds is 6. The van der Waals surface area contributed by atoms with Crippen molar-refractivity contribution in [1.82, 2.24) is 9.88 Å². The van der Waals surface area contributed by atoms with Gasteiger partial charge in [0.2, 0.25) is 0 Å². The van der Waals surface area contributed by atoms with E-state index in [9.17, 15) is 14.4 Å². The van der Waals surface area contributed by atoms with Gasteiger partial charge in [0.1, 0.15) is 5.69 Å². The summed E-state index contributed by atoms with van der Waals surface area (Å²) in [6.45, 7) is 2.98. The second-order valence-electron chi connectivity index (χ2n) is 7.38. The van der Waals surface area contributed by atoms with E-state index >= 15 is 0 Å². The van der Waals surface area contributed by atoms with Crippen LogP contribution in [0.15, 0.2) is 30.5 Å². The highest BCUT2D eigenvalue weighted by Gasteiger charge is 2.18. The van der Waals surface area contributed by atoms with Gasteiger partial charge in [0.15, 0.2) is 12.4 Å². The summed E-state index contributed by atoms with van der Waals surface area (Å²) in [5.41, 5.74) is 4.48. The summed E-state index contributed by atoms with van der Waals surface area (Å²) < 4.78 is 6.63. The van der Waals surface area contributed by atoms with Crippen LogP contribution in [0.3, 0.4) is 0 Å². The number of esters is 1. The zero-order valence-corrected chi connectivity index (χ0v) is 16.6. The maximum absolute atomic E-state index is 12.2. The Morgan fingerprint density at radius 1 is 1.14 bits per heavy atom. The van der Waals surface area contributed by atoms with Crippen molar-refractivity contribution in [2.45, 2.75) is 45.6 Å². The Hall–Kier alpha value is -2.89. The number of ether oxygens (including phenoxy) is 1. The Balaban J connectivity index is 1.55. The molecule has 0 saturated heterocycles. The predicted octanol–water partition coefficient (Wildman–Crippen LogP) is 3.14. The fourth-order valence-corrected chi connectivity index (χ4v) is 3.55. The molecule has 6 heteroatoms. The summed E-state index contributed by atoms with van der Waals surface area (Å²) in [7, 11) is 1.65. The smallest absolute Gasteiger partial charge is 0.355 e. The summed E-state index contributed by atoms with van der Waals surface area (Å²) in [5, 5.41) is 2.87. The molecule has 28 heavy (non-hydrogen) atoms. The third-order valence-corrected chi connectivity index (χ3v) is 5.21. The van der Waals surface area contributed by atoms with E-state index in [4.69, 9.17) is 4.74 Å². The number of nitrogens with one attached hydrogen (secondary N) is 1. The predicted molar refractivity (Wildman–Crippen MR) is 105 cm³/mol. The molecular weight excluding hydrogens is 356 g/mol. The maximum atomic E-state index is 12.2. The number of carbonyl (C=O) groups is 3. The summed E-state index contributed by atoms with van der Waals surface area (Å²) in [6, 6.07) is 7.66. The molecule has 1 amide bonds. The van der Waals surface area contributed by atoms with E-state index < -0.39 is 5.97 Å². The number of hydrogen-bond donors (Lipinski definition) is 1. The number of benzene rings is 1. The lowest BCUT2D eigenvalue weighted by Crippen LogP contribution is -2.31. The quantitative estimate of drug-likeness (QED) is 0.615. The third-order valence-electron chi connectivity index (χ3n) is 5.21. The Kier molecular flexibility index (Phi) is 5.97. The van der Waals surface area contributed by atoms with Crippen molar-refractivity contribution in [1.29, 1.82) is 0 Å². The lowest BCUT2D eigenvalue weighted by Gasteiger charge is -2.20. The molecule has 1 N–H and O–H groups in total. The summed E-state index contributed by atoms with van der Waals surface area (Å²) >= 11 is 0. The van der Waals surface area contributed by atoms with Gasteiger partial charge in [-0.1, -0.05) is 18.2 Å². The van der Waals surface area contributed by atoms with Crippen molar-refractivity contribution in [2.24, 2.45) is 7.05 Å². The van der Waals surface area contributed by atoms with Crippen molar-refractivity contribution in [3.8, 4) is 0 Å². The van der Waals surface area contributed by atoms with Crippen LogP contribution >= 0.6 is 0 Å². The van der Waals surface area contributed by atoms with Gasteiger partial charge in [-0.15, -0.1) is 0 Å². The Labute approximate surface area is 164 Å². The molecule has 2 aromatic rings. The fourth-order valence-electron chi connectivity index (χ4n) is 3.55. The first kappa shape index (κ1) is 19.9. The van der Waals surface area contributed by atoms with E-state index in [1.807, 2.05) is 13.0 Å². The molecule has 0 aliphatic heterocycles. The van der Waals surface area contributed by atoms with E-state index in [2.05, 4.69) is 17.4 Å². The Morgan fingerprint density at radius 3 is 2.54 bits per heavy atom. The van der Waals surface area contributed by atoms with Gasteiger partial charge < -0.3 is 14.6 Å². The van der Waals surface area contributed by atoms with E-state index in [0.717, 1.165) is 18.4 Å². The molecule has 1 heterocycles. The van der Waals surface area contributed by atoms with Gasteiger partial charge in [-0.25, -0.2) is 4.79 Å². The summed E-state index contributed by atoms with van der Waals surface area (Å²) in [4.78, 5) is 35.8. The second-order valence-corrected chi connectivity index (χ2v) is 7.38. The highest BCUT2D eigenvalue weighted by atomic mass is 16.5. The monoisotopic (exact) mass is 382 g/mol. The first-order valence-corrected chi connectivity index (χ1v) is 9.60. The van der Waals surface area contributed by atoms with Gasteiger partial charge >= 0.3 is 5.97 Å². The SMILES string of the molecule is CC(=O)c1cc(C(=O)OCC(=O)N[C@H](C)c2ccc3c(c2)CCCC3)n(C)c1. The van der Waals surface area contributed by atoms with Crippen molar-refractivity contribution < 1.29 is 19.1 Å². The van der Waals surface area contributed by atoms with Crippen molar-refractivity contribution in [3.63, 3.8) is 0 Å². The fraction of sp³-hybridized carbons (Fsp3) is 0.409. The average Bonchev–Trinajstić information content (AvgIpc) is 3.08. The summed E-state index contributed by atoms with van der Waals surface area (Å²) in [5.74, 6) is -1.13. The van der Waals surface area contributed by atoms with Gasteiger partial charge in [-0.2, -0.15) is 0 Å². The molecule has 6 nitrogen and oxygen atoms in total. The second kappa shape index (κ2) is 8.42. The minimum Gasteiger partial charge on any atom is -0.451 e. The number of hydrogen-bond acceptors (Lipinski definition) is 4. The lowest BCUT2D eigenvalue weighted by atomic mass is 9.89. The first-order valence-electron chi connectivity index (χ1n) is 9.60. The molecule has 1 aliphatic rings. The number of carbonyl (C=O) groups excluding carboxylic acids is 3. The van der Waals surface area contributed by atoms with Gasteiger partial charge in [-0.3, -0.25) is 9.59 Å². The van der Waals surface area contributed by atoms with Crippen LogP contribution in [0.4, 0.5) is 0 Å². The molecule has 1 aromatic heterocycles. The molecular formula is C22H26N2O4. The van der Waals surface area contributed by atoms with Crippen LogP contribution in [0.2, 0.25) is 0 Å². The minimum atomic E-state index is -0.633. The average molecular weight is 382 g/mol. The van der Waals surface area contributed by atoms with Crippen molar-refractivity contribution in [2.75, 3.05) is 6.61 Å². The molecule has 3 rings (SSSR count). The maximum Gasteiger partial charge on any atom is 0.355 e. The van der Waals surface area contributed by atoms with Crippen LogP contribution in [-0.4, -0.2) is 28.8 Å². The zero-order chi connectivity index (χ0) is 20.3. The molecule has 0 fully saturated rings. The van der Waals surface area contributed by atoms with Gasteiger partial charge in [0.25, 0.3) is 5.91 Å². The number of aryl methyl sites for hydroxylation is 3. The number of nitrogens with zero attached hydrogens (tertiary/aromatic N) is 1. The normalized spacial score (nSPS) is 14.1. The highest BCUT2D eigenvalue weighted by molar-refractivity contribution is 5.98. The van der Waals surface area contributed by atoms with Gasteiger partial charge in [0.05, 0.1) is 6.04 Å². The van der Waals surface area contributed by atoms with Crippen LogP contribution in [0.5, 0.6) is 0 Å². The molecule has 0 spiro atoms. The van der Waals surface area contributed by atoms with E-state index in [1.54, 1.807) is 13.2 Å². The standard InChI is InChI=1S/C22H26N2O4/c1-14(17-9-8-16-6-4-5-7-18(16)10-17)23-21(26)13-28-22(27)20-11-19(15(2)25)12-24(20)3/h8-12,14H,4-7,13H2,1-3H3,(H,23,26)/t14-/m1/s1. The number of ketones is 1. The van der Waals surface area contributed by atoms with E-state index in [0.29, 0.717) is 5.56 Å². The minimum absolute atomic E-state index is 0.133. The van der Waals surface area contributed by atoms with E-state index in [-0.39, 0.29) is 30.0 Å². The third kappa shape index (κ3) is 4.50. The molecule has 0 unspecified atom stereocenters. The lowest BCUT2D eigenvalue weighted by molar-refractivity contribution is -0.124. The Bertz CT molecular complexity index is 913. The number of aromatic nitrogens is 1. The van der Waals surface area contributed by atoms with Crippen LogP contribution < -0.4 is 5.32 Å². The first-order chi connectivity index (χ1) is 13.3. The molecule has 0 bridgehead atoms. The molecule has 0 radical (unpaired) electrons. The number of fused-ring (bicyclic) bond motifs is 1. The van der Waals surface area contributed by atoms with Gasteiger partial charge in [-0.05, 0) is 62.3 Å². The number of Topliss-reactive ketones (excluding diaryl/α,β-unsaturated/α-hetero) is 1. The highest BCUT2D eigenvalue weighted by Crippen LogP contribution is 2.24. The summed E-state index contributed by atoms with van der Waals surface area (Å²) in [6.07, 6.45) is 6.21. The molecule has 148 valence electrons. The van der Waals surface area contributed by atoms with Crippen LogP contribution in [0.1, 0.15) is 70.3 Å². The zero-order valence-electron chi connectivity index (χ0n) is 16.6. The van der Waals surface area contributed by atoms with Crippen LogP contribution in [0, 0.1) is 0 Å². The molecule has 1 aliphatic carbocycles. The van der Waals surface area contributed by atoms with Crippen molar-refractivity contribution >= 4 is 17.7 Å². The van der Waals surface area contributed by atoms with Crippen LogP contribution in [0.25, 0.3) is 0 Å². The topological polar surface area (TPSA) is 77.4 Å². The molecule has 1 aromatic carbocycles. The molecule has 1 atom stereocenters. The largest absolute Gasteiger partial charge is 0.451 e.